The molecule has 2 atom stereocenters. The summed E-state index contributed by atoms with van der Waals surface area (Å²) in [6.07, 6.45) is 16.6. The van der Waals surface area contributed by atoms with Gasteiger partial charge in [0.1, 0.15) is 0 Å². The van der Waals surface area contributed by atoms with Gasteiger partial charge in [0.2, 0.25) is 0 Å². The van der Waals surface area contributed by atoms with Crippen molar-refractivity contribution in [2.75, 3.05) is 0 Å². The third-order valence-corrected chi connectivity index (χ3v) is 3.08. The van der Waals surface area contributed by atoms with E-state index in [0.29, 0.717) is 12.2 Å². The fraction of sp³-hybridized carbons (Fsp3) is 0.833. The van der Waals surface area contributed by atoms with E-state index in [4.69, 9.17) is 4.74 Å². The van der Waals surface area contributed by atoms with E-state index >= 15 is 0 Å². The molecular weight excluding hydrogens is 160 g/mol. The summed E-state index contributed by atoms with van der Waals surface area (Å²) in [6, 6.07) is 0. The Bertz CT molecular complexity index is 174. The maximum absolute atomic E-state index is 5.60. The molecular formula is C12H20O. The summed E-state index contributed by atoms with van der Waals surface area (Å²) in [6.45, 7) is 0. The Morgan fingerprint density at radius 2 is 1.54 bits per heavy atom. The fourth-order valence-corrected chi connectivity index (χ4v) is 2.14. The number of hydrogen-bond donors (Lipinski definition) is 0. The van der Waals surface area contributed by atoms with Crippen LogP contribution >= 0.6 is 0 Å². The highest BCUT2D eigenvalue weighted by molar-refractivity contribution is 4.89. The minimum absolute atomic E-state index is 0.615. The molecule has 1 nitrogen and oxygen atoms in total. The van der Waals surface area contributed by atoms with Crippen LogP contribution in [0.25, 0.3) is 0 Å². The summed E-state index contributed by atoms with van der Waals surface area (Å²) >= 11 is 0. The highest BCUT2D eigenvalue weighted by Gasteiger charge is 2.36. The lowest BCUT2D eigenvalue weighted by Gasteiger charge is -1.99. The van der Waals surface area contributed by atoms with Gasteiger partial charge in [0.15, 0.2) is 0 Å². The van der Waals surface area contributed by atoms with Crippen LogP contribution in [0.4, 0.5) is 0 Å². The first-order valence-corrected chi connectivity index (χ1v) is 5.77. The van der Waals surface area contributed by atoms with Gasteiger partial charge in [0, 0.05) is 0 Å². The Hall–Kier alpha value is -0.300. The Labute approximate surface area is 81.2 Å². The fourth-order valence-electron chi connectivity index (χ4n) is 2.14. The molecule has 1 heterocycles. The lowest BCUT2D eigenvalue weighted by Crippen LogP contribution is -1.94. The van der Waals surface area contributed by atoms with Crippen LogP contribution in [0.5, 0.6) is 0 Å². The Morgan fingerprint density at radius 1 is 0.769 bits per heavy atom. The van der Waals surface area contributed by atoms with Crippen molar-refractivity contribution < 1.29 is 4.74 Å². The van der Waals surface area contributed by atoms with Gasteiger partial charge in [0.25, 0.3) is 0 Å². The van der Waals surface area contributed by atoms with E-state index in [1.165, 1.54) is 51.4 Å². The molecule has 1 aliphatic carbocycles. The van der Waals surface area contributed by atoms with E-state index in [2.05, 4.69) is 12.2 Å². The van der Waals surface area contributed by atoms with Gasteiger partial charge in [-0.25, -0.2) is 0 Å². The van der Waals surface area contributed by atoms with Gasteiger partial charge in [-0.3, -0.25) is 0 Å². The van der Waals surface area contributed by atoms with Crippen molar-refractivity contribution in [1.29, 1.82) is 0 Å². The SMILES string of the molecule is C1=C\CCC2OC2CCCCCC/1. The minimum atomic E-state index is 0.615. The number of ether oxygens (including phenoxy) is 1. The Kier molecular flexibility index (Phi) is 3.42. The molecule has 0 aromatic carbocycles. The smallest absolute Gasteiger partial charge is 0.0844 e. The summed E-state index contributed by atoms with van der Waals surface area (Å²) in [5.41, 5.74) is 0. The molecule has 0 spiro atoms. The van der Waals surface area contributed by atoms with Crippen molar-refractivity contribution in [3.8, 4) is 0 Å². The first-order valence-electron chi connectivity index (χ1n) is 5.77. The van der Waals surface area contributed by atoms with Crippen LogP contribution < -0.4 is 0 Å². The number of epoxide rings is 1. The second-order valence-electron chi connectivity index (χ2n) is 4.25. The van der Waals surface area contributed by atoms with Gasteiger partial charge in [-0.15, -0.1) is 0 Å². The molecule has 0 N–H and O–H groups in total. The normalized spacial score (nSPS) is 38.2. The molecule has 0 amide bonds. The van der Waals surface area contributed by atoms with E-state index in [9.17, 15) is 0 Å². The van der Waals surface area contributed by atoms with Crippen molar-refractivity contribution in [2.24, 2.45) is 0 Å². The van der Waals surface area contributed by atoms with Gasteiger partial charge in [-0.2, -0.15) is 0 Å². The molecule has 2 rings (SSSR count). The van der Waals surface area contributed by atoms with Crippen LogP contribution in [-0.4, -0.2) is 12.2 Å². The summed E-state index contributed by atoms with van der Waals surface area (Å²) in [5.74, 6) is 0. The largest absolute Gasteiger partial charge is 0.370 e. The molecule has 2 unspecified atom stereocenters. The van der Waals surface area contributed by atoms with Crippen LogP contribution in [0.3, 0.4) is 0 Å². The second-order valence-corrected chi connectivity index (χ2v) is 4.25. The summed E-state index contributed by atoms with van der Waals surface area (Å²) in [5, 5.41) is 0. The predicted octanol–water partition coefficient (Wildman–Crippen LogP) is 3.44. The topological polar surface area (TPSA) is 12.5 Å². The zero-order valence-corrected chi connectivity index (χ0v) is 8.37. The minimum Gasteiger partial charge on any atom is -0.370 e. The molecule has 1 aliphatic heterocycles. The molecule has 1 heteroatoms. The average molecular weight is 180 g/mol. The van der Waals surface area contributed by atoms with E-state index in [0.717, 1.165) is 0 Å². The van der Waals surface area contributed by atoms with E-state index < -0.39 is 0 Å². The van der Waals surface area contributed by atoms with Gasteiger partial charge >= 0.3 is 0 Å². The van der Waals surface area contributed by atoms with Crippen molar-refractivity contribution in [1.82, 2.24) is 0 Å². The molecule has 0 saturated carbocycles. The monoisotopic (exact) mass is 180 g/mol. The van der Waals surface area contributed by atoms with Crippen molar-refractivity contribution in [3.05, 3.63) is 12.2 Å². The standard InChI is InChI=1S/C12H20O/c1-2-4-6-8-10-12-11(13-12)9-7-5-3-1/h3,5,11-12H,1-2,4,6-10H2/b5-3-. The average Bonchev–Trinajstić information content (AvgIpc) is 2.83. The molecule has 13 heavy (non-hydrogen) atoms. The number of allylic oxidation sites excluding steroid dienone is 2. The third kappa shape index (κ3) is 3.15. The van der Waals surface area contributed by atoms with E-state index in [1.54, 1.807) is 0 Å². The second kappa shape index (κ2) is 4.80. The predicted molar refractivity (Wildman–Crippen MR) is 54.7 cm³/mol. The molecule has 0 aromatic heterocycles. The van der Waals surface area contributed by atoms with Gasteiger partial charge in [-0.05, 0) is 32.1 Å². The van der Waals surface area contributed by atoms with E-state index in [-0.39, 0.29) is 0 Å². The molecule has 74 valence electrons. The summed E-state index contributed by atoms with van der Waals surface area (Å²) < 4.78 is 5.60. The highest BCUT2D eigenvalue weighted by Crippen LogP contribution is 2.31. The molecule has 0 aromatic rings. The van der Waals surface area contributed by atoms with Crippen molar-refractivity contribution in [3.63, 3.8) is 0 Å². The first kappa shape index (κ1) is 9.26. The summed E-state index contributed by atoms with van der Waals surface area (Å²) in [7, 11) is 0. The quantitative estimate of drug-likeness (QED) is 0.411. The maximum atomic E-state index is 5.60. The molecule has 0 radical (unpaired) electrons. The Morgan fingerprint density at radius 3 is 2.54 bits per heavy atom. The van der Waals surface area contributed by atoms with Gasteiger partial charge in [0.05, 0.1) is 12.2 Å². The molecule has 1 fully saturated rings. The van der Waals surface area contributed by atoms with Crippen LogP contribution in [0.15, 0.2) is 12.2 Å². The zero-order valence-electron chi connectivity index (χ0n) is 8.37. The number of rotatable bonds is 0. The number of fused-ring (bicyclic) bond motifs is 1. The highest BCUT2D eigenvalue weighted by atomic mass is 16.6. The maximum Gasteiger partial charge on any atom is 0.0844 e. The Balaban J connectivity index is 1.73. The lowest BCUT2D eigenvalue weighted by atomic mass is 10.0. The molecule has 1 saturated heterocycles. The van der Waals surface area contributed by atoms with Crippen LogP contribution in [0, 0.1) is 0 Å². The van der Waals surface area contributed by atoms with Gasteiger partial charge in [-0.1, -0.05) is 31.4 Å². The van der Waals surface area contributed by atoms with Crippen molar-refractivity contribution in [2.45, 2.75) is 63.6 Å². The molecule has 0 bridgehead atoms. The zero-order chi connectivity index (χ0) is 8.93. The number of hydrogen-bond acceptors (Lipinski definition) is 1. The van der Waals surface area contributed by atoms with Gasteiger partial charge < -0.3 is 4.74 Å². The van der Waals surface area contributed by atoms with Crippen LogP contribution in [-0.2, 0) is 4.74 Å². The third-order valence-electron chi connectivity index (χ3n) is 3.08. The van der Waals surface area contributed by atoms with Crippen LogP contribution in [0.1, 0.15) is 51.4 Å². The van der Waals surface area contributed by atoms with Crippen LogP contribution in [0.2, 0.25) is 0 Å². The first-order chi connectivity index (χ1) is 6.47. The van der Waals surface area contributed by atoms with Crippen molar-refractivity contribution >= 4 is 0 Å². The van der Waals surface area contributed by atoms with E-state index in [1.807, 2.05) is 0 Å². The summed E-state index contributed by atoms with van der Waals surface area (Å²) in [4.78, 5) is 0. The lowest BCUT2D eigenvalue weighted by molar-refractivity contribution is 0.352. The molecule has 2 aliphatic rings.